The molecule has 5 nitrogen and oxygen atoms in total. The molecule has 1 aliphatic carbocycles. The van der Waals surface area contributed by atoms with Crippen LogP contribution in [-0.2, 0) is 11.2 Å². The molecule has 1 aromatic heterocycles. The first-order valence-electron chi connectivity index (χ1n) is 11.0. The maximum absolute atomic E-state index is 12.8. The molecule has 0 spiro atoms. The summed E-state index contributed by atoms with van der Waals surface area (Å²) in [5.41, 5.74) is 2.58. The highest BCUT2D eigenvalue weighted by molar-refractivity contribution is 5.81. The van der Waals surface area contributed by atoms with Gasteiger partial charge in [-0.3, -0.25) is 9.78 Å². The number of carbonyl (C=O) groups is 1. The first kappa shape index (κ1) is 21.1. The van der Waals surface area contributed by atoms with Crippen LogP contribution >= 0.6 is 0 Å². The standard InChI is InChI=1S/C26H27N3O2/c27-17-23-26(24(18-30)29(23)25(31)16-22-8-4-5-15-28-22)21-13-11-20(12-14-21)10-9-19-6-2-1-3-7-19/h4-5,8,11-15,19,23-24,26,30H,1-3,6-7,16,18H2/t23-,24+,26+/m0/s1. The maximum atomic E-state index is 12.8. The Morgan fingerprint density at radius 1 is 1.13 bits per heavy atom. The summed E-state index contributed by atoms with van der Waals surface area (Å²) in [5, 5.41) is 19.7. The lowest BCUT2D eigenvalue weighted by molar-refractivity contribution is -0.146. The summed E-state index contributed by atoms with van der Waals surface area (Å²) in [4.78, 5) is 18.5. The summed E-state index contributed by atoms with van der Waals surface area (Å²) in [7, 11) is 0. The average molecular weight is 414 g/mol. The number of nitriles is 1. The average Bonchev–Trinajstić information content (AvgIpc) is 2.80. The number of amides is 1. The normalized spacial score (nSPS) is 23.2. The van der Waals surface area contributed by atoms with Gasteiger partial charge in [-0.2, -0.15) is 5.26 Å². The summed E-state index contributed by atoms with van der Waals surface area (Å²) in [5.74, 6) is 6.79. The second-order valence-electron chi connectivity index (χ2n) is 8.37. The van der Waals surface area contributed by atoms with E-state index in [1.165, 1.54) is 37.0 Å². The monoisotopic (exact) mass is 413 g/mol. The predicted molar refractivity (Wildman–Crippen MR) is 118 cm³/mol. The molecule has 2 aromatic rings. The summed E-state index contributed by atoms with van der Waals surface area (Å²) in [6.45, 7) is -0.181. The molecule has 1 saturated carbocycles. The van der Waals surface area contributed by atoms with Gasteiger partial charge in [-0.05, 0) is 42.7 Å². The van der Waals surface area contributed by atoms with Crippen molar-refractivity contribution in [3.05, 3.63) is 65.5 Å². The fourth-order valence-electron chi connectivity index (χ4n) is 4.72. The first-order chi connectivity index (χ1) is 15.2. The van der Waals surface area contributed by atoms with Crippen LogP contribution in [0, 0.1) is 29.1 Å². The Labute approximate surface area is 183 Å². The number of pyridine rings is 1. The number of aliphatic hydroxyl groups is 1. The van der Waals surface area contributed by atoms with E-state index in [1.807, 2.05) is 30.3 Å². The molecule has 31 heavy (non-hydrogen) atoms. The highest BCUT2D eigenvalue weighted by atomic mass is 16.3. The van der Waals surface area contributed by atoms with Crippen molar-refractivity contribution in [1.82, 2.24) is 9.88 Å². The van der Waals surface area contributed by atoms with E-state index in [4.69, 9.17) is 0 Å². The van der Waals surface area contributed by atoms with E-state index in [0.717, 1.165) is 11.1 Å². The lowest BCUT2D eigenvalue weighted by Crippen LogP contribution is -2.65. The molecular weight excluding hydrogens is 386 g/mol. The molecule has 2 fully saturated rings. The van der Waals surface area contributed by atoms with Gasteiger partial charge in [0.2, 0.25) is 5.91 Å². The molecule has 5 heteroatoms. The third-order valence-electron chi connectivity index (χ3n) is 6.40. The molecule has 3 atom stereocenters. The van der Waals surface area contributed by atoms with E-state index < -0.39 is 12.1 Å². The SMILES string of the molecule is N#C[C@H]1[C@@H](c2ccc(C#CC3CCCCC3)cc2)[C@@H](CO)N1C(=O)Cc1ccccn1. The molecule has 0 bridgehead atoms. The second kappa shape index (κ2) is 9.77. The van der Waals surface area contributed by atoms with Crippen LogP contribution in [0.15, 0.2) is 48.7 Å². The fourth-order valence-corrected chi connectivity index (χ4v) is 4.72. The van der Waals surface area contributed by atoms with Gasteiger partial charge in [0.1, 0.15) is 6.04 Å². The van der Waals surface area contributed by atoms with E-state index in [1.54, 1.807) is 18.3 Å². The van der Waals surface area contributed by atoms with Crippen LogP contribution in [0.5, 0.6) is 0 Å². The van der Waals surface area contributed by atoms with Crippen molar-refractivity contribution in [3.63, 3.8) is 0 Å². The van der Waals surface area contributed by atoms with Crippen molar-refractivity contribution < 1.29 is 9.90 Å². The Bertz CT molecular complexity index is 995. The van der Waals surface area contributed by atoms with E-state index >= 15 is 0 Å². The van der Waals surface area contributed by atoms with Gasteiger partial charge in [-0.15, -0.1) is 0 Å². The number of hydrogen-bond donors (Lipinski definition) is 1. The van der Waals surface area contributed by atoms with Crippen molar-refractivity contribution in [3.8, 4) is 17.9 Å². The molecule has 2 aliphatic rings. The van der Waals surface area contributed by atoms with Crippen LogP contribution in [0.2, 0.25) is 0 Å². The molecule has 158 valence electrons. The number of hydrogen-bond acceptors (Lipinski definition) is 4. The highest BCUT2D eigenvalue weighted by Gasteiger charge is 2.51. The molecule has 1 saturated heterocycles. The van der Waals surface area contributed by atoms with Gasteiger partial charge in [-0.25, -0.2) is 0 Å². The lowest BCUT2D eigenvalue weighted by Gasteiger charge is -2.51. The Morgan fingerprint density at radius 2 is 1.90 bits per heavy atom. The smallest absolute Gasteiger partial charge is 0.230 e. The Balaban J connectivity index is 1.45. The number of rotatable bonds is 4. The number of nitrogens with zero attached hydrogens (tertiary/aromatic N) is 3. The Morgan fingerprint density at radius 3 is 2.55 bits per heavy atom. The van der Waals surface area contributed by atoms with Crippen LogP contribution in [0.25, 0.3) is 0 Å². The molecule has 1 aliphatic heterocycles. The topological polar surface area (TPSA) is 77.2 Å². The van der Waals surface area contributed by atoms with E-state index in [9.17, 15) is 15.2 Å². The van der Waals surface area contributed by atoms with Crippen molar-refractivity contribution >= 4 is 5.91 Å². The molecule has 0 unspecified atom stereocenters. The van der Waals surface area contributed by atoms with Crippen LogP contribution in [0.3, 0.4) is 0 Å². The predicted octanol–water partition coefficient (Wildman–Crippen LogP) is 3.43. The highest BCUT2D eigenvalue weighted by Crippen LogP contribution is 2.40. The number of carbonyl (C=O) groups excluding carboxylic acids is 1. The van der Waals surface area contributed by atoms with Crippen LogP contribution < -0.4 is 0 Å². The minimum atomic E-state index is -0.590. The van der Waals surface area contributed by atoms with Gasteiger partial charge in [0.05, 0.1) is 25.1 Å². The summed E-state index contributed by atoms with van der Waals surface area (Å²) in [6.07, 6.45) is 8.02. The summed E-state index contributed by atoms with van der Waals surface area (Å²) < 4.78 is 0. The largest absolute Gasteiger partial charge is 0.394 e. The molecule has 1 amide bonds. The zero-order valence-electron chi connectivity index (χ0n) is 17.6. The van der Waals surface area contributed by atoms with Crippen molar-refractivity contribution in [2.45, 2.75) is 56.5 Å². The van der Waals surface area contributed by atoms with Gasteiger partial charge < -0.3 is 10.0 Å². The van der Waals surface area contributed by atoms with E-state index in [0.29, 0.717) is 11.6 Å². The van der Waals surface area contributed by atoms with E-state index in [2.05, 4.69) is 22.9 Å². The van der Waals surface area contributed by atoms with Gasteiger partial charge in [0, 0.05) is 29.3 Å². The molecule has 1 aromatic carbocycles. The van der Waals surface area contributed by atoms with Gasteiger partial charge in [0.25, 0.3) is 0 Å². The second-order valence-corrected chi connectivity index (χ2v) is 8.37. The first-order valence-corrected chi connectivity index (χ1v) is 11.0. The zero-order valence-corrected chi connectivity index (χ0v) is 17.6. The number of aromatic nitrogens is 1. The Kier molecular flexibility index (Phi) is 6.65. The zero-order chi connectivity index (χ0) is 21.6. The maximum Gasteiger partial charge on any atom is 0.230 e. The van der Waals surface area contributed by atoms with Gasteiger partial charge in [-0.1, -0.05) is 49.3 Å². The van der Waals surface area contributed by atoms with Gasteiger partial charge in [0.15, 0.2) is 0 Å². The van der Waals surface area contributed by atoms with Crippen LogP contribution in [0.1, 0.15) is 54.8 Å². The molecule has 1 N–H and O–H groups in total. The molecule has 2 heterocycles. The van der Waals surface area contributed by atoms with Crippen LogP contribution in [0.4, 0.5) is 0 Å². The summed E-state index contributed by atoms with van der Waals surface area (Å²) >= 11 is 0. The van der Waals surface area contributed by atoms with Crippen molar-refractivity contribution in [2.75, 3.05) is 6.61 Å². The van der Waals surface area contributed by atoms with Crippen LogP contribution in [-0.4, -0.2) is 39.6 Å². The molecule has 4 rings (SSSR count). The fraction of sp³-hybridized carbons (Fsp3) is 0.423. The third-order valence-corrected chi connectivity index (χ3v) is 6.40. The minimum Gasteiger partial charge on any atom is -0.394 e. The quantitative estimate of drug-likeness (QED) is 0.779. The molecular formula is C26H27N3O2. The minimum absolute atomic E-state index is 0.123. The van der Waals surface area contributed by atoms with E-state index in [-0.39, 0.29) is 24.9 Å². The van der Waals surface area contributed by atoms with Gasteiger partial charge >= 0.3 is 0 Å². The molecule has 0 radical (unpaired) electrons. The summed E-state index contributed by atoms with van der Waals surface area (Å²) in [6, 6.07) is 14.6. The number of aliphatic hydroxyl groups excluding tert-OH is 1. The van der Waals surface area contributed by atoms with Crippen molar-refractivity contribution in [2.24, 2.45) is 5.92 Å². The number of benzene rings is 1. The Hall–Kier alpha value is -3.15. The lowest BCUT2D eigenvalue weighted by atomic mass is 9.75. The van der Waals surface area contributed by atoms with Crippen molar-refractivity contribution in [1.29, 1.82) is 5.26 Å². The number of likely N-dealkylation sites (tertiary alicyclic amines) is 1. The third kappa shape index (κ3) is 4.63.